The number of pyridine rings is 1. The van der Waals surface area contributed by atoms with Crippen molar-refractivity contribution in [3.05, 3.63) is 65.4 Å². The number of benzene rings is 2. The minimum Gasteiger partial charge on any atom is -0.504 e. The number of hydrazone groups is 1. The molecule has 0 saturated heterocycles. The van der Waals surface area contributed by atoms with Crippen molar-refractivity contribution in [2.45, 2.75) is 6.92 Å². The summed E-state index contributed by atoms with van der Waals surface area (Å²) in [6.07, 6.45) is 0. The van der Waals surface area contributed by atoms with E-state index in [2.05, 4.69) is 10.1 Å². The van der Waals surface area contributed by atoms with Gasteiger partial charge in [-0.1, -0.05) is 18.2 Å². The molecule has 0 amide bonds. The number of phenols is 2. The number of nitrogens with zero attached hydrogens (tertiary/aromatic N) is 2. The van der Waals surface area contributed by atoms with E-state index in [9.17, 15) is 10.2 Å². The molecule has 0 aliphatic rings. The highest BCUT2D eigenvalue weighted by molar-refractivity contribution is 6.12. The van der Waals surface area contributed by atoms with Gasteiger partial charge in [0.1, 0.15) is 5.71 Å². The average Bonchev–Trinajstić information content (AvgIpc) is 2.52. The van der Waals surface area contributed by atoms with Gasteiger partial charge < -0.3 is 16.1 Å². The lowest BCUT2D eigenvalue weighted by atomic mass is 10.0. The summed E-state index contributed by atoms with van der Waals surface area (Å²) in [6, 6.07) is 14.2. The van der Waals surface area contributed by atoms with Crippen molar-refractivity contribution in [1.82, 2.24) is 4.98 Å². The van der Waals surface area contributed by atoms with Crippen molar-refractivity contribution in [3.8, 4) is 11.5 Å². The summed E-state index contributed by atoms with van der Waals surface area (Å²) in [5.74, 6) is 5.11. The first-order valence-electron chi connectivity index (χ1n) is 6.77. The van der Waals surface area contributed by atoms with Gasteiger partial charge in [0, 0.05) is 10.9 Å². The summed E-state index contributed by atoms with van der Waals surface area (Å²) in [6.45, 7) is 2.00. The molecule has 0 saturated carbocycles. The zero-order valence-corrected chi connectivity index (χ0v) is 12.0. The molecule has 3 aromatic rings. The molecule has 0 unspecified atom stereocenters. The molecule has 5 nitrogen and oxygen atoms in total. The van der Waals surface area contributed by atoms with Gasteiger partial charge in [-0.05, 0) is 42.8 Å². The van der Waals surface area contributed by atoms with Crippen LogP contribution in [0.2, 0.25) is 0 Å². The van der Waals surface area contributed by atoms with Crippen molar-refractivity contribution < 1.29 is 10.2 Å². The lowest BCUT2D eigenvalue weighted by Crippen LogP contribution is -2.09. The molecule has 22 heavy (non-hydrogen) atoms. The third-order valence-corrected chi connectivity index (χ3v) is 3.54. The van der Waals surface area contributed by atoms with Gasteiger partial charge >= 0.3 is 0 Å². The van der Waals surface area contributed by atoms with Gasteiger partial charge in [0.2, 0.25) is 0 Å². The van der Waals surface area contributed by atoms with E-state index in [1.54, 1.807) is 6.07 Å². The van der Waals surface area contributed by atoms with E-state index >= 15 is 0 Å². The number of hydrogen-bond acceptors (Lipinski definition) is 5. The van der Waals surface area contributed by atoms with Gasteiger partial charge in [-0.2, -0.15) is 5.10 Å². The van der Waals surface area contributed by atoms with Gasteiger partial charge in [-0.15, -0.1) is 0 Å². The molecule has 0 fully saturated rings. The highest BCUT2D eigenvalue weighted by atomic mass is 16.3. The number of para-hydroxylation sites is 1. The fraction of sp³-hybridized carbons (Fsp3) is 0.0588. The Morgan fingerprint density at radius 3 is 2.55 bits per heavy atom. The van der Waals surface area contributed by atoms with Crippen molar-refractivity contribution in [2.24, 2.45) is 10.9 Å². The number of aryl methyl sites for hydroxylation is 1. The number of hydrogen-bond donors (Lipinski definition) is 3. The second-order valence-corrected chi connectivity index (χ2v) is 5.02. The number of rotatable bonds is 2. The van der Waals surface area contributed by atoms with E-state index in [0.717, 1.165) is 16.5 Å². The number of fused-ring (bicyclic) bond motifs is 1. The standard InChI is InChI=1S/C17H15N3O2/c1-10-8-14(19-13-5-3-2-4-12(10)13)17(20-18)11-6-7-15(21)16(22)9-11/h2-9,21-22H,18H2,1H3/b20-17+. The first-order valence-corrected chi connectivity index (χ1v) is 6.77. The Labute approximate surface area is 127 Å². The van der Waals surface area contributed by atoms with Gasteiger partial charge in [-0.3, -0.25) is 0 Å². The topological polar surface area (TPSA) is 91.7 Å². The van der Waals surface area contributed by atoms with Gasteiger partial charge in [0.15, 0.2) is 11.5 Å². The molecule has 0 spiro atoms. The smallest absolute Gasteiger partial charge is 0.158 e. The normalized spacial score (nSPS) is 11.8. The Hall–Kier alpha value is -3.08. The first kappa shape index (κ1) is 13.9. The molecule has 1 heterocycles. The van der Waals surface area contributed by atoms with Crippen LogP contribution >= 0.6 is 0 Å². The van der Waals surface area contributed by atoms with Crippen LogP contribution in [0.1, 0.15) is 16.8 Å². The maximum Gasteiger partial charge on any atom is 0.158 e. The van der Waals surface area contributed by atoms with Crippen LogP contribution in [-0.4, -0.2) is 20.9 Å². The SMILES string of the molecule is Cc1cc(/C(=N/N)c2ccc(O)c(O)c2)nc2ccccc12. The van der Waals surface area contributed by atoms with Crippen LogP contribution in [0.5, 0.6) is 11.5 Å². The second kappa shape index (κ2) is 5.37. The summed E-state index contributed by atoms with van der Waals surface area (Å²) >= 11 is 0. The quantitative estimate of drug-likeness (QED) is 0.293. The fourth-order valence-corrected chi connectivity index (χ4v) is 2.43. The van der Waals surface area contributed by atoms with Gasteiger partial charge in [0.05, 0.1) is 11.2 Å². The molecule has 0 atom stereocenters. The summed E-state index contributed by atoms with van der Waals surface area (Å²) in [5, 5.41) is 23.9. The molecule has 0 radical (unpaired) electrons. The van der Waals surface area contributed by atoms with E-state index in [1.165, 1.54) is 12.1 Å². The molecule has 0 aliphatic heterocycles. The van der Waals surface area contributed by atoms with Crippen LogP contribution in [0.4, 0.5) is 0 Å². The third kappa shape index (κ3) is 2.33. The van der Waals surface area contributed by atoms with E-state index in [-0.39, 0.29) is 11.5 Å². The summed E-state index contributed by atoms with van der Waals surface area (Å²) in [7, 11) is 0. The minimum atomic E-state index is -0.226. The Kier molecular flexibility index (Phi) is 3.39. The molecular formula is C17H15N3O2. The van der Waals surface area contributed by atoms with Crippen molar-refractivity contribution in [2.75, 3.05) is 0 Å². The van der Waals surface area contributed by atoms with Crippen LogP contribution in [0.25, 0.3) is 10.9 Å². The maximum absolute atomic E-state index is 9.65. The van der Waals surface area contributed by atoms with Crippen LogP contribution in [0.15, 0.2) is 53.6 Å². The Morgan fingerprint density at radius 1 is 1.05 bits per heavy atom. The van der Waals surface area contributed by atoms with Crippen molar-refractivity contribution >= 4 is 16.6 Å². The molecule has 1 aromatic heterocycles. The number of phenolic OH excluding ortho intramolecular Hbond substituents is 2. The maximum atomic E-state index is 9.65. The monoisotopic (exact) mass is 293 g/mol. The van der Waals surface area contributed by atoms with E-state index in [0.29, 0.717) is 17.0 Å². The predicted octanol–water partition coefficient (Wildman–Crippen LogP) is 2.67. The number of aromatic hydroxyl groups is 2. The van der Waals surface area contributed by atoms with Crippen LogP contribution in [-0.2, 0) is 0 Å². The Bertz CT molecular complexity index is 888. The molecule has 3 rings (SSSR count). The molecule has 5 heteroatoms. The zero-order valence-electron chi connectivity index (χ0n) is 12.0. The lowest BCUT2D eigenvalue weighted by Gasteiger charge is -2.09. The van der Waals surface area contributed by atoms with Crippen molar-refractivity contribution in [3.63, 3.8) is 0 Å². The van der Waals surface area contributed by atoms with E-state index in [4.69, 9.17) is 5.84 Å². The number of aromatic nitrogens is 1. The van der Waals surface area contributed by atoms with E-state index in [1.807, 2.05) is 37.3 Å². The van der Waals surface area contributed by atoms with E-state index < -0.39 is 0 Å². The van der Waals surface area contributed by atoms with Crippen LogP contribution in [0.3, 0.4) is 0 Å². The van der Waals surface area contributed by atoms with Crippen LogP contribution in [0, 0.1) is 6.92 Å². The molecular weight excluding hydrogens is 278 g/mol. The molecule has 0 aliphatic carbocycles. The highest BCUT2D eigenvalue weighted by Gasteiger charge is 2.13. The third-order valence-electron chi connectivity index (χ3n) is 3.54. The average molecular weight is 293 g/mol. The lowest BCUT2D eigenvalue weighted by molar-refractivity contribution is 0.403. The molecule has 110 valence electrons. The second-order valence-electron chi connectivity index (χ2n) is 5.02. The predicted molar refractivity (Wildman–Crippen MR) is 86.1 cm³/mol. The molecule has 4 N–H and O–H groups in total. The Balaban J connectivity index is 2.17. The van der Waals surface area contributed by atoms with Gasteiger partial charge in [-0.25, -0.2) is 4.98 Å². The Morgan fingerprint density at radius 2 is 1.82 bits per heavy atom. The molecule has 2 aromatic carbocycles. The summed E-state index contributed by atoms with van der Waals surface area (Å²) in [4.78, 5) is 4.58. The van der Waals surface area contributed by atoms with Gasteiger partial charge in [0.25, 0.3) is 0 Å². The zero-order chi connectivity index (χ0) is 15.7. The largest absolute Gasteiger partial charge is 0.504 e. The minimum absolute atomic E-state index is 0.192. The summed E-state index contributed by atoms with van der Waals surface area (Å²) in [5.41, 5.74) is 3.55. The molecule has 0 bridgehead atoms. The van der Waals surface area contributed by atoms with Crippen molar-refractivity contribution in [1.29, 1.82) is 0 Å². The highest BCUT2D eigenvalue weighted by Crippen LogP contribution is 2.27. The fourth-order valence-electron chi connectivity index (χ4n) is 2.43. The number of nitrogens with two attached hydrogens (primary N) is 1. The summed E-state index contributed by atoms with van der Waals surface area (Å²) < 4.78 is 0. The first-order chi connectivity index (χ1) is 10.6. The van der Waals surface area contributed by atoms with Crippen LogP contribution < -0.4 is 5.84 Å².